The molecule has 0 radical (unpaired) electrons. The molecule has 1 amide bonds. The number of rotatable bonds is 11. The van der Waals surface area contributed by atoms with Crippen molar-refractivity contribution in [2.24, 2.45) is 0 Å². The van der Waals surface area contributed by atoms with Crippen LogP contribution in [0.15, 0.2) is 30.3 Å². The number of nitrogens with one attached hydrogen (secondary N) is 1. The Labute approximate surface area is 172 Å². The monoisotopic (exact) mass is 411 g/mol. The largest absolute Gasteiger partial charge is 0.467 e. The number of methoxy groups -OCH3 is 1. The van der Waals surface area contributed by atoms with Gasteiger partial charge in [0.1, 0.15) is 17.7 Å². The van der Waals surface area contributed by atoms with Crippen LogP contribution in [0.25, 0.3) is 0 Å². The standard InChI is InChI=1S/C21H33NO7/c1-15(23)18(28-13-16-9-7-6-8-10-16)14-27-12-11-17(19(24)26-5)22-20(25)29-21(2,3)4/h6-10,15,17-18,23H,11-14H2,1-5H3,(H,22,25). The topological polar surface area (TPSA) is 103 Å². The van der Waals surface area contributed by atoms with E-state index in [1.54, 1.807) is 27.7 Å². The third-order valence-corrected chi connectivity index (χ3v) is 3.85. The van der Waals surface area contributed by atoms with Crippen LogP contribution in [0, 0.1) is 0 Å². The fourth-order valence-corrected chi connectivity index (χ4v) is 2.35. The molecule has 1 aromatic rings. The van der Waals surface area contributed by atoms with E-state index < -0.39 is 35.9 Å². The quantitative estimate of drug-likeness (QED) is 0.426. The van der Waals surface area contributed by atoms with Gasteiger partial charge in [-0.3, -0.25) is 0 Å². The summed E-state index contributed by atoms with van der Waals surface area (Å²) in [5, 5.41) is 12.4. The molecule has 0 aromatic heterocycles. The molecule has 3 unspecified atom stereocenters. The lowest BCUT2D eigenvalue weighted by Crippen LogP contribution is -2.44. The molecule has 3 atom stereocenters. The van der Waals surface area contributed by atoms with E-state index in [1.165, 1.54) is 7.11 Å². The second-order valence-corrected chi connectivity index (χ2v) is 7.66. The molecule has 164 valence electrons. The van der Waals surface area contributed by atoms with Gasteiger partial charge in [0.15, 0.2) is 0 Å². The molecule has 0 saturated heterocycles. The van der Waals surface area contributed by atoms with Crippen molar-refractivity contribution >= 4 is 12.1 Å². The van der Waals surface area contributed by atoms with Crippen LogP contribution in [0.5, 0.6) is 0 Å². The zero-order valence-electron chi connectivity index (χ0n) is 17.8. The summed E-state index contributed by atoms with van der Waals surface area (Å²) in [7, 11) is 1.24. The average Bonchev–Trinajstić information content (AvgIpc) is 2.64. The number of alkyl carbamates (subject to hydrolysis) is 1. The number of benzene rings is 1. The molecule has 8 heteroatoms. The number of carbonyl (C=O) groups is 2. The minimum atomic E-state index is -0.898. The molecule has 0 aliphatic carbocycles. The summed E-state index contributed by atoms with van der Waals surface area (Å²) >= 11 is 0. The summed E-state index contributed by atoms with van der Waals surface area (Å²) in [6, 6.07) is 8.72. The zero-order valence-corrected chi connectivity index (χ0v) is 17.8. The third kappa shape index (κ3) is 10.8. The lowest BCUT2D eigenvalue weighted by atomic mass is 10.2. The van der Waals surface area contributed by atoms with Gasteiger partial charge in [0.05, 0.1) is 26.4 Å². The molecule has 0 aliphatic heterocycles. The van der Waals surface area contributed by atoms with Crippen molar-refractivity contribution in [2.75, 3.05) is 20.3 Å². The Morgan fingerprint density at radius 2 is 1.83 bits per heavy atom. The van der Waals surface area contributed by atoms with Crippen LogP contribution < -0.4 is 5.32 Å². The number of aliphatic hydroxyl groups is 1. The molecule has 29 heavy (non-hydrogen) atoms. The van der Waals surface area contributed by atoms with E-state index in [-0.39, 0.29) is 19.6 Å². The van der Waals surface area contributed by atoms with Crippen molar-refractivity contribution in [1.82, 2.24) is 5.32 Å². The summed E-state index contributed by atoms with van der Waals surface area (Å²) in [5.41, 5.74) is 0.312. The molecular weight excluding hydrogens is 378 g/mol. The van der Waals surface area contributed by atoms with E-state index >= 15 is 0 Å². The minimum absolute atomic E-state index is 0.144. The molecule has 0 spiro atoms. The van der Waals surface area contributed by atoms with Crippen molar-refractivity contribution in [3.05, 3.63) is 35.9 Å². The third-order valence-electron chi connectivity index (χ3n) is 3.85. The Morgan fingerprint density at radius 1 is 1.17 bits per heavy atom. The smallest absolute Gasteiger partial charge is 0.408 e. The van der Waals surface area contributed by atoms with Gasteiger partial charge in [-0.05, 0) is 33.3 Å². The SMILES string of the molecule is COC(=O)C(CCOCC(OCc1ccccc1)C(C)O)NC(=O)OC(C)(C)C. The Bertz CT molecular complexity index is 613. The van der Waals surface area contributed by atoms with Crippen molar-refractivity contribution in [3.8, 4) is 0 Å². The van der Waals surface area contributed by atoms with E-state index in [9.17, 15) is 14.7 Å². The van der Waals surface area contributed by atoms with Crippen molar-refractivity contribution in [2.45, 2.75) is 64.6 Å². The first-order chi connectivity index (χ1) is 13.6. The Kier molecular flexibility index (Phi) is 10.6. The number of amides is 1. The molecule has 1 aromatic carbocycles. The van der Waals surface area contributed by atoms with Crippen LogP contribution in [0.2, 0.25) is 0 Å². The fraction of sp³-hybridized carbons (Fsp3) is 0.619. The van der Waals surface area contributed by atoms with Crippen molar-refractivity contribution < 1.29 is 33.6 Å². The number of aliphatic hydroxyl groups excluding tert-OH is 1. The lowest BCUT2D eigenvalue weighted by molar-refractivity contribution is -0.144. The minimum Gasteiger partial charge on any atom is -0.467 e. The van der Waals surface area contributed by atoms with Gasteiger partial charge in [-0.15, -0.1) is 0 Å². The summed E-state index contributed by atoms with van der Waals surface area (Å²) in [6.07, 6.45) is -1.77. The second kappa shape index (κ2) is 12.4. The number of carbonyl (C=O) groups excluding carboxylic acids is 2. The van der Waals surface area contributed by atoms with Crippen LogP contribution in [0.3, 0.4) is 0 Å². The highest BCUT2D eigenvalue weighted by molar-refractivity contribution is 5.81. The van der Waals surface area contributed by atoms with Gasteiger partial charge in [0.2, 0.25) is 0 Å². The summed E-state index contributed by atoms with van der Waals surface area (Å²) in [4.78, 5) is 23.8. The molecule has 1 rings (SSSR count). The number of hydrogen-bond acceptors (Lipinski definition) is 7. The van der Waals surface area contributed by atoms with E-state index in [4.69, 9.17) is 18.9 Å². The van der Waals surface area contributed by atoms with Crippen molar-refractivity contribution in [3.63, 3.8) is 0 Å². The molecule has 0 aliphatic rings. The Morgan fingerprint density at radius 3 is 2.38 bits per heavy atom. The van der Waals surface area contributed by atoms with Crippen LogP contribution in [-0.2, 0) is 30.3 Å². The first-order valence-corrected chi connectivity index (χ1v) is 9.61. The lowest BCUT2D eigenvalue weighted by Gasteiger charge is -2.23. The highest BCUT2D eigenvalue weighted by Crippen LogP contribution is 2.09. The van der Waals surface area contributed by atoms with E-state index in [2.05, 4.69) is 5.32 Å². The molecule has 0 saturated carbocycles. The molecular formula is C21H33NO7. The van der Waals surface area contributed by atoms with Gasteiger partial charge < -0.3 is 29.4 Å². The van der Waals surface area contributed by atoms with Gasteiger partial charge in [0, 0.05) is 13.0 Å². The highest BCUT2D eigenvalue weighted by atomic mass is 16.6. The van der Waals surface area contributed by atoms with Gasteiger partial charge in [-0.25, -0.2) is 9.59 Å². The molecule has 2 N–H and O–H groups in total. The van der Waals surface area contributed by atoms with Gasteiger partial charge in [-0.1, -0.05) is 30.3 Å². The van der Waals surface area contributed by atoms with Gasteiger partial charge in [-0.2, -0.15) is 0 Å². The normalized spacial score (nSPS) is 14.6. The number of ether oxygens (including phenoxy) is 4. The molecule has 8 nitrogen and oxygen atoms in total. The average molecular weight is 411 g/mol. The van der Waals surface area contributed by atoms with Crippen LogP contribution in [0.1, 0.15) is 39.7 Å². The zero-order chi connectivity index (χ0) is 21.9. The Hall–Kier alpha value is -2.16. The van der Waals surface area contributed by atoms with Crippen LogP contribution >= 0.6 is 0 Å². The maximum absolute atomic E-state index is 11.9. The fourth-order valence-electron chi connectivity index (χ4n) is 2.35. The number of esters is 1. The van der Waals surface area contributed by atoms with Crippen LogP contribution in [-0.4, -0.2) is 61.3 Å². The van der Waals surface area contributed by atoms with Gasteiger partial charge in [0.25, 0.3) is 0 Å². The van der Waals surface area contributed by atoms with Gasteiger partial charge >= 0.3 is 12.1 Å². The first-order valence-electron chi connectivity index (χ1n) is 9.61. The molecule has 0 fully saturated rings. The highest BCUT2D eigenvalue weighted by Gasteiger charge is 2.25. The maximum atomic E-state index is 11.9. The number of hydrogen-bond donors (Lipinski definition) is 2. The summed E-state index contributed by atoms with van der Waals surface area (Å²) in [5.74, 6) is -0.591. The van der Waals surface area contributed by atoms with E-state index in [1.807, 2.05) is 30.3 Å². The summed E-state index contributed by atoms with van der Waals surface area (Å²) in [6.45, 7) is 7.47. The van der Waals surface area contributed by atoms with E-state index in [0.29, 0.717) is 6.61 Å². The molecule has 0 bridgehead atoms. The maximum Gasteiger partial charge on any atom is 0.408 e. The second-order valence-electron chi connectivity index (χ2n) is 7.66. The van der Waals surface area contributed by atoms with Crippen LogP contribution in [0.4, 0.5) is 4.79 Å². The predicted molar refractivity (Wildman–Crippen MR) is 107 cm³/mol. The predicted octanol–water partition coefficient (Wildman–Crippen LogP) is 2.43. The first kappa shape index (κ1) is 24.9. The Balaban J connectivity index is 2.46. The van der Waals surface area contributed by atoms with Crippen molar-refractivity contribution in [1.29, 1.82) is 0 Å². The molecule has 0 heterocycles. The van der Waals surface area contributed by atoms with E-state index in [0.717, 1.165) is 5.56 Å². The summed E-state index contributed by atoms with van der Waals surface area (Å²) < 4.78 is 21.2.